The predicted molar refractivity (Wildman–Crippen MR) is 152 cm³/mol. The molecule has 5 atom stereocenters. The first kappa shape index (κ1) is 38.5. The Morgan fingerprint density at radius 3 is 1.86 bits per heavy atom. The average Bonchev–Trinajstić information content (AvgIpc) is 2.91. The van der Waals surface area contributed by atoms with Crippen molar-refractivity contribution in [2.45, 2.75) is 76.2 Å². The fourth-order valence-corrected chi connectivity index (χ4v) is 3.64. The molecule has 0 unspecified atom stereocenters. The Balaban J connectivity index is 5.38. The maximum atomic E-state index is 12.9. The van der Waals surface area contributed by atoms with Crippen molar-refractivity contribution in [2.24, 2.45) is 17.4 Å². The maximum absolute atomic E-state index is 12.9. The van der Waals surface area contributed by atoms with E-state index in [1.165, 1.54) is 0 Å². The molecule has 0 aromatic heterocycles. The zero-order valence-corrected chi connectivity index (χ0v) is 24.5. The predicted octanol–water partition coefficient (Wildman–Crippen LogP) is -3.97. The molecule has 0 fully saturated rings. The van der Waals surface area contributed by atoms with Crippen molar-refractivity contribution in [3.05, 3.63) is 0 Å². The summed E-state index contributed by atoms with van der Waals surface area (Å²) in [6.45, 7) is 2.23. The van der Waals surface area contributed by atoms with Crippen molar-refractivity contribution < 1.29 is 48.9 Å². The van der Waals surface area contributed by atoms with Crippen molar-refractivity contribution in [1.82, 2.24) is 26.6 Å². The highest BCUT2D eigenvalue weighted by molar-refractivity contribution is 7.80. The molecule has 0 spiro atoms. The smallest absolute Gasteiger partial charge is 0.326 e. The van der Waals surface area contributed by atoms with Gasteiger partial charge in [0.25, 0.3) is 0 Å². The molecule has 0 aromatic carbocycles. The van der Waals surface area contributed by atoms with Gasteiger partial charge in [-0.2, -0.15) is 12.6 Å². The number of thiol groups is 1. The molecule has 0 rings (SSSR count). The van der Waals surface area contributed by atoms with Crippen LogP contribution in [0.4, 0.5) is 0 Å². The highest BCUT2D eigenvalue weighted by Crippen LogP contribution is 2.07. The maximum Gasteiger partial charge on any atom is 0.326 e. The highest BCUT2D eigenvalue weighted by Gasteiger charge is 2.31. The molecule has 17 nitrogen and oxygen atoms in total. The van der Waals surface area contributed by atoms with Crippen LogP contribution in [-0.2, 0) is 33.6 Å². The number of unbranched alkanes of at least 4 members (excludes halogenated alkanes) is 1. The number of amides is 5. The van der Waals surface area contributed by atoms with Crippen LogP contribution in [0.1, 0.15) is 46.0 Å². The number of aliphatic hydroxyl groups is 1. The number of nitrogens with one attached hydrogen (secondary N) is 5. The minimum Gasteiger partial charge on any atom is -0.481 e. The number of aliphatic hydroxyl groups excluding tert-OH is 1. The summed E-state index contributed by atoms with van der Waals surface area (Å²) in [6.07, 6.45) is 0.304. The lowest BCUT2D eigenvalue weighted by molar-refractivity contribution is -0.142. The molecule has 5 amide bonds. The van der Waals surface area contributed by atoms with Crippen molar-refractivity contribution in [3.63, 3.8) is 0 Å². The van der Waals surface area contributed by atoms with Gasteiger partial charge in [0, 0.05) is 5.75 Å². The monoisotopic (exact) mass is 621 g/mol. The van der Waals surface area contributed by atoms with Crippen LogP contribution in [0.5, 0.6) is 0 Å². The summed E-state index contributed by atoms with van der Waals surface area (Å²) in [5, 5.41) is 39.3. The van der Waals surface area contributed by atoms with Gasteiger partial charge >= 0.3 is 11.9 Å². The first-order chi connectivity index (χ1) is 19.7. The van der Waals surface area contributed by atoms with E-state index in [0.717, 1.165) is 0 Å². The van der Waals surface area contributed by atoms with Crippen LogP contribution in [-0.4, -0.2) is 112 Å². The SMILES string of the molecule is CC(C)C[C@H](NC(=O)[C@@H](N)CS)C(=O)N[C@@H](CO)C(=O)N[C@@H](CC(=O)O)C(=O)NCC(=O)N[C@@H](CCCCN)C(=O)O. The summed E-state index contributed by atoms with van der Waals surface area (Å²) in [4.78, 5) is 85.3. The van der Waals surface area contributed by atoms with E-state index in [1.807, 2.05) is 0 Å². The lowest BCUT2D eigenvalue weighted by atomic mass is 10.0. The largest absolute Gasteiger partial charge is 0.481 e. The molecule has 0 bridgehead atoms. The van der Waals surface area contributed by atoms with E-state index in [0.29, 0.717) is 19.4 Å². The lowest BCUT2D eigenvalue weighted by Crippen LogP contribution is -2.59. The number of carbonyl (C=O) groups excluding carboxylic acids is 5. The molecule has 0 aromatic rings. The number of rotatable bonds is 21. The molecule has 0 saturated carbocycles. The topological polar surface area (TPSA) is 292 Å². The molecule has 18 heteroatoms. The molecule has 0 aliphatic rings. The van der Waals surface area contributed by atoms with Crippen molar-refractivity contribution >= 4 is 54.1 Å². The second-order valence-corrected chi connectivity index (χ2v) is 10.2. The third-order valence-corrected chi connectivity index (χ3v) is 6.10. The average molecular weight is 622 g/mol. The van der Waals surface area contributed by atoms with E-state index in [2.05, 4.69) is 39.2 Å². The van der Waals surface area contributed by atoms with E-state index < -0.39 is 91.3 Å². The molecule has 0 radical (unpaired) electrons. The summed E-state index contributed by atoms with van der Waals surface area (Å²) in [6, 6.07) is -6.74. The quantitative estimate of drug-likeness (QED) is 0.0432. The first-order valence-corrected chi connectivity index (χ1v) is 13.9. The number of carboxylic acids is 2. The lowest BCUT2D eigenvalue weighted by Gasteiger charge is -2.25. The molecule has 42 heavy (non-hydrogen) atoms. The van der Waals surface area contributed by atoms with Gasteiger partial charge in [0.1, 0.15) is 24.2 Å². The minimum absolute atomic E-state index is 0.00709. The second-order valence-electron chi connectivity index (χ2n) is 9.84. The molecule has 240 valence electrons. The third-order valence-electron chi connectivity index (χ3n) is 5.70. The standard InChI is InChI=1S/C24H43N7O10S/c1-12(2)7-15(29-20(36)13(26)11-42)22(38)31-17(10-32)23(39)30-16(8-19(34)35)21(37)27-9-18(33)28-14(24(40)41)5-3-4-6-25/h12-17,32,42H,3-11,25-26H2,1-2H3,(H,27,37)(H,28,33)(H,29,36)(H,30,39)(H,31,38)(H,34,35)(H,40,41)/t13-,14-,15-,16-,17-/m0/s1. The minimum atomic E-state index is -1.73. The molecular formula is C24H43N7O10S. The van der Waals surface area contributed by atoms with E-state index >= 15 is 0 Å². The number of carbonyl (C=O) groups is 7. The Morgan fingerprint density at radius 1 is 0.786 bits per heavy atom. The Hall–Kier alpha value is -3.48. The molecule has 0 heterocycles. The molecular weight excluding hydrogens is 578 g/mol. The van der Waals surface area contributed by atoms with E-state index in [-0.39, 0.29) is 24.5 Å². The van der Waals surface area contributed by atoms with Gasteiger partial charge in [-0.15, -0.1) is 0 Å². The fraction of sp³-hybridized carbons (Fsp3) is 0.708. The third kappa shape index (κ3) is 15.5. The van der Waals surface area contributed by atoms with Gasteiger partial charge in [-0.25, -0.2) is 4.79 Å². The number of nitrogens with two attached hydrogens (primary N) is 2. The Labute approximate surface area is 248 Å². The van der Waals surface area contributed by atoms with Crippen molar-refractivity contribution in [3.8, 4) is 0 Å². The summed E-state index contributed by atoms with van der Waals surface area (Å²) >= 11 is 3.94. The van der Waals surface area contributed by atoms with Gasteiger partial charge in [-0.05, 0) is 38.1 Å². The van der Waals surface area contributed by atoms with Crippen LogP contribution in [0.3, 0.4) is 0 Å². The van der Waals surface area contributed by atoms with Crippen LogP contribution in [0.2, 0.25) is 0 Å². The summed E-state index contributed by atoms with van der Waals surface area (Å²) in [5.74, 6) is -7.44. The van der Waals surface area contributed by atoms with E-state index in [9.17, 15) is 48.9 Å². The molecule has 0 saturated heterocycles. The number of carboxylic acid groups (broad SMARTS) is 2. The fourth-order valence-electron chi connectivity index (χ4n) is 3.47. The molecule has 12 N–H and O–H groups in total. The summed E-state index contributed by atoms with van der Waals surface area (Å²) < 4.78 is 0. The van der Waals surface area contributed by atoms with Gasteiger partial charge in [0.2, 0.25) is 29.5 Å². The van der Waals surface area contributed by atoms with Crippen LogP contribution >= 0.6 is 12.6 Å². The zero-order chi connectivity index (χ0) is 32.4. The van der Waals surface area contributed by atoms with Gasteiger partial charge in [0.15, 0.2) is 0 Å². The summed E-state index contributed by atoms with van der Waals surface area (Å²) in [7, 11) is 0. The van der Waals surface area contributed by atoms with Crippen LogP contribution < -0.4 is 38.1 Å². The van der Waals surface area contributed by atoms with E-state index in [4.69, 9.17) is 11.5 Å². The highest BCUT2D eigenvalue weighted by atomic mass is 32.1. The van der Waals surface area contributed by atoms with Crippen LogP contribution in [0.15, 0.2) is 0 Å². The van der Waals surface area contributed by atoms with Crippen LogP contribution in [0.25, 0.3) is 0 Å². The molecule has 0 aliphatic carbocycles. The van der Waals surface area contributed by atoms with Crippen LogP contribution in [0, 0.1) is 5.92 Å². The van der Waals surface area contributed by atoms with Gasteiger partial charge < -0.3 is 53.4 Å². The Bertz CT molecular complexity index is 953. The van der Waals surface area contributed by atoms with Gasteiger partial charge in [-0.3, -0.25) is 28.8 Å². The van der Waals surface area contributed by atoms with Gasteiger partial charge in [0.05, 0.1) is 25.6 Å². The van der Waals surface area contributed by atoms with Crippen molar-refractivity contribution in [2.75, 3.05) is 25.4 Å². The number of aliphatic carboxylic acids is 2. The number of hydrogen-bond acceptors (Lipinski definition) is 11. The number of hydrogen-bond donors (Lipinski definition) is 11. The zero-order valence-electron chi connectivity index (χ0n) is 23.6. The first-order valence-electron chi connectivity index (χ1n) is 13.3. The summed E-state index contributed by atoms with van der Waals surface area (Å²) in [5.41, 5.74) is 11.0. The molecule has 0 aliphatic heterocycles. The Kier molecular flexibility index (Phi) is 18.7. The van der Waals surface area contributed by atoms with E-state index in [1.54, 1.807) is 13.8 Å². The van der Waals surface area contributed by atoms with Gasteiger partial charge in [-0.1, -0.05) is 13.8 Å². The second kappa shape index (κ2) is 20.4. The normalized spacial score (nSPS) is 14.5. The van der Waals surface area contributed by atoms with Crippen molar-refractivity contribution in [1.29, 1.82) is 0 Å². The Morgan fingerprint density at radius 2 is 1.36 bits per heavy atom.